The number of hydrogen-bond acceptors (Lipinski definition) is 8. The Bertz CT molecular complexity index is 1090. The number of dihydropyridines is 1. The molecular formula is C28H38N2O7. The molecule has 1 aromatic rings. The van der Waals surface area contributed by atoms with E-state index in [1.54, 1.807) is 26.0 Å². The van der Waals surface area contributed by atoms with E-state index in [9.17, 15) is 19.7 Å². The number of hydrogen-bond donors (Lipinski definition) is 1. The molecule has 1 aliphatic carbocycles. The number of allylic oxidation sites excluding steroid dienone is 2. The zero-order valence-corrected chi connectivity index (χ0v) is 22.5. The van der Waals surface area contributed by atoms with Gasteiger partial charge in [0.1, 0.15) is 12.7 Å². The average Bonchev–Trinajstić information content (AvgIpc) is 2.83. The van der Waals surface area contributed by atoms with Crippen LogP contribution in [-0.2, 0) is 23.8 Å². The van der Waals surface area contributed by atoms with Gasteiger partial charge in [-0.3, -0.25) is 10.1 Å². The lowest BCUT2D eigenvalue weighted by Gasteiger charge is -2.38. The molecule has 1 saturated carbocycles. The molecule has 0 amide bonds. The summed E-state index contributed by atoms with van der Waals surface area (Å²) >= 11 is 0. The van der Waals surface area contributed by atoms with Crippen LogP contribution in [0.2, 0.25) is 0 Å². The van der Waals surface area contributed by atoms with Crippen LogP contribution in [0.15, 0.2) is 46.8 Å². The summed E-state index contributed by atoms with van der Waals surface area (Å²) in [4.78, 5) is 38.1. The fraction of sp³-hybridized carbons (Fsp3) is 0.571. The molecule has 1 heterocycles. The number of nitro groups is 1. The second kappa shape index (κ2) is 12.4. The van der Waals surface area contributed by atoms with Crippen LogP contribution >= 0.6 is 0 Å². The van der Waals surface area contributed by atoms with Crippen molar-refractivity contribution >= 4 is 17.6 Å². The predicted octanol–water partition coefficient (Wildman–Crippen LogP) is 5.02. The monoisotopic (exact) mass is 514 g/mol. The Balaban J connectivity index is 2.04. The molecule has 1 aliphatic heterocycles. The number of esters is 2. The molecule has 0 radical (unpaired) electrons. The van der Waals surface area contributed by atoms with Crippen LogP contribution in [0.4, 0.5) is 5.69 Å². The first-order chi connectivity index (χ1) is 17.5. The van der Waals surface area contributed by atoms with E-state index in [-0.39, 0.29) is 42.1 Å². The molecule has 9 nitrogen and oxygen atoms in total. The molecule has 1 fully saturated rings. The molecule has 1 aromatic carbocycles. The van der Waals surface area contributed by atoms with Crippen LogP contribution in [0.5, 0.6) is 0 Å². The molecular weight excluding hydrogens is 476 g/mol. The smallest absolute Gasteiger partial charge is 0.337 e. The third-order valence-electron chi connectivity index (χ3n) is 7.35. The molecule has 3 rings (SSSR count). The van der Waals surface area contributed by atoms with Gasteiger partial charge in [-0.25, -0.2) is 9.59 Å². The predicted molar refractivity (Wildman–Crippen MR) is 138 cm³/mol. The molecule has 0 aromatic heterocycles. The lowest BCUT2D eigenvalue weighted by atomic mass is 9.75. The lowest BCUT2D eigenvalue weighted by Crippen LogP contribution is -2.38. The Labute approximate surface area is 218 Å². The van der Waals surface area contributed by atoms with Crippen molar-refractivity contribution in [1.82, 2.24) is 5.32 Å². The third kappa shape index (κ3) is 6.57. The number of carbonyl (C=O) groups excluding carboxylic acids is 2. The molecule has 0 spiro atoms. The van der Waals surface area contributed by atoms with Crippen LogP contribution in [0, 0.1) is 27.9 Å². The minimum absolute atomic E-state index is 0.0340. The van der Waals surface area contributed by atoms with Crippen LogP contribution in [0.3, 0.4) is 0 Å². The number of carbonyl (C=O) groups is 2. The highest BCUT2D eigenvalue weighted by atomic mass is 16.6. The molecule has 2 aliphatic rings. The van der Waals surface area contributed by atoms with Crippen LogP contribution in [0.25, 0.3) is 0 Å². The molecule has 4 atom stereocenters. The highest BCUT2D eigenvalue weighted by Crippen LogP contribution is 2.42. The number of nitrogens with zero attached hydrogens (tertiary/aromatic N) is 1. The summed E-state index contributed by atoms with van der Waals surface area (Å²) in [5.41, 5.74) is 1.83. The zero-order chi connectivity index (χ0) is 27.3. The van der Waals surface area contributed by atoms with Crippen molar-refractivity contribution in [2.24, 2.45) is 17.8 Å². The maximum absolute atomic E-state index is 13.8. The first kappa shape index (κ1) is 28.4. The minimum atomic E-state index is -0.887. The van der Waals surface area contributed by atoms with Gasteiger partial charge in [0.15, 0.2) is 0 Å². The van der Waals surface area contributed by atoms with E-state index in [1.807, 2.05) is 0 Å². The molecule has 1 N–H and O–H groups in total. The van der Waals surface area contributed by atoms with Gasteiger partial charge < -0.3 is 19.5 Å². The van der Waals surface area contributed by atoms with Crippen molar-refractivity contribution in [3.8, 4) is 0 Å². The number of nitrogens with one attached hydrogen (secondary N) is 1. The maximum Gasteiger partial charge on any atom is 0.337 e. The number of methoxy groups -OCH3 is 1. The van der Waals surface area contributed by atoms with Gasteiger partial charge in [0.05, 0.1) is 28.6 Å². The Morgan fingerprint density at radius 3 is 2.41 bits per heavy atom. The molecule has 9 heteroatoms. The van der Waals surface area contributed by atoms with Gasteiger partial charge in [-0.1, -0.05) is 39.3 Å². The van der Waals surface area contributed by atoms with Gasteiger partial charge in [0.2, 0.25) is 0 Å². The van der Waals surface area contributed by atoms with E-state index in [4.69, 9.17) is 14.2 Å². The Hall–Kier alpha value is -3.20. The fourth-order valence-electron chi connectivity index (χ4n) is 5.43. The van der Waals surface area contributed by atoms with Gasteiger partial charge in [0, 0.05) is 30.6 Å². The van der Waals surface area contributed by atoms with Crippen LogP contribution < -0.4 is 5.32 Å². The molecule has 0 unspecified atom stereocenters. The summed E-state index contributed by atoms with van der Waals surface area (Å²) in [6.07, 6.45) is 2.61. The summed E-state index contributed by atoms with van der Waals surface area (Å²) in [6.45, 7) is 10.2. The van der Waals surface area contributed by atoms with E-state index >= 15 is 0 Å². The van der Waals surface area contributed by atoms with Crippen LogP contribution in [0.1, 0.15) is 65.4 Å². The summed E-state index contributed by atoms with van der Waals surface area (Å²) in [5.74, 6) is -1.00. The van der Waals surface area contributed by atoms with Gasteiger partial charge in [0.25, 0.3) is 5.69 Å². The largest absolute Gasteiger partial charge is 0.460 e. The Morgan fingerprint density at radius 2 is 1.78 bits per heavy atom. The van der Waals surface area contributed by atoms with Crippen molar-refractivity contribution in [2.75, 3.05) is 20.3 Å². The van der Waals surface area contributed by atoms with E-state index in [0.29, 0.717) is 28.8 Å². The number of non-ortho nitro benzene ring substituents is 1. The van der Waals surface area contributed by atoms with Gasteiger partial charge in [-0.2, -0.15) is 0 Å². The zero-order valence-electron chi connectivity index (χ0n) is 22.5. The highest BCUT2D eigenvalue weighted by Gasteiger charge is 2.41. The van der Waals surface area contributed by atoms with Crippen molar-refractivity contribution in [3.05, 3.63) is 62.5 Å². The number of nitro benzene ring substituents is 1. The number of rotatable bonds is 9. The van der Waals surface area contributed by atoms with E-state index in [0.717, 1.165) is 19.3 Å². The first-order valence-electron chi connectivity index (χ1n) is 12.8. The summed E-state index contributed by atoms with van der Waals surface area (Å²) in [5, 5.41) is 14.7. The van der Waals surface area contributed by atoms with Gasteiger partial charge >= 0.3 is 11.9 Å². The van der Waals surface area contributed by atoms with Crippen molar-refractivity contribution < 1.29 is 28.7 Å². The standard InChI is InChI=1S/C28H38N2O7/c1-16(2)22-11-10-17(3)14-23(22)37-28(32)25-19(5)29-18(4)24(27(31)36-13-12-35-6)26(25)20-8-7-9-21(15-20)30(33)34/h7-9,15-17,22-23,26,29H,10-14H2,1-6H3/t17-,22-,23-,26-/m1/s1. The molecule has 37 heavy (non-hydrogen) atoms. The Kier molecular flexibility index (Phi) is 9.48. The summed E-state index contributed by atoms with van der Waals surface area (Å²) in [7, 11) is 1.50. The molecule has 0 bridgehead atoms. The second-order valence-electron chi connectivity index (χ2n) is 10.4. The summed E-state index contributed by atoms with van der Waals surface area (Å²) < 4.78 is 16.6. The van der Waals surface area contributed by atoms with Crippen LogP contribution in [-0.4, -0.2) is 43.3 Å². The maximum atomic E-state index is 13.8. The van der Waals surface area contributed by atoms with Gasteiger partial charge in [-0.15, -0.1) is 0 Å². The van der Waals surface area contributed by atoms with Crippen molar-refractivity contribution in [3.63, 3.8) is 0 Å². The van der Waals surface area contributed by atoms with Crippen molar-refractivity contribution in [1.29, 1.82) is 0 Å². The van der Waals surface area contributed by atoms with E-state index in [2.05, 4.69) is 26.1 Å². The minimum Gasteiger partial charge on any atom is -0.460 e. The first-order valence-corrected chi connectivity index (χ1v) is 12.8. The Morgan fingerprint density at radius 1 is 1.11 bits per heavy atom. The van der Waals surface area contributed by atoms with E-state index < -0.39 is 22.8 Å². The normalized spacial score (nSPS) is 24.1. The molecule has 0 saturated heterocycles. The van der Waals surface area contributed by atoms with E-state index in [1.165, 1.54) is 19.2 Å². The third-order valence-corrected chi connectivity index (χ3v) is 7.35. The number of benzene rings is 1. The average molecular weight is 515 g/mol. The lowest BCUT2D eigenvalue weighted by molar-refractivity contribution is -0.384. The number of ether oxygens (including phenoxy) is 3. The SMILES string of the molecule is COCCOC(=O)C1=C(C)NC(C)=C(C(=O)O[C@@H]2C[C@H](C)CC[C@@H]2C(C)C)[C@@H]1c1cccc([N+](=O)[O-])c1. The molecule has 202 valence electrons. The quantitative estimate of drug-likeness (QED) is 0.211. The summed E-state index contributed by atoms with van der Waals surface area (Å²) in [6, 6.07) is 6.00. The second-order valence-corrected chi connectivity index (χ2v) is 10.4. The topological polar surface area (TPSA) is 117 Å². The van der Waals surface area contributed by atoms with Gasteiger partial charge in [-0.05, 0) is 50.0 Å². The fourth-order valence-corrected chi connectivity index (χ4v) is 5.43. The van der Waals surface area contributed by atoms with Crippen molar-refractivity contribution in [2.45, 2.75) is 65.9 Å². The highest BCUT2D eigenvalue weighted by molar-refractivity contribution is 6.00.